The van der Waals surface area contributed by atoms with Crippen molar-refractivity contribution in [3.05, 3.63) is 45.4 Å². The molecule has 0 saturated heterocycles. The van der Waals surface area contributed by atoms with Gasteiger partial charge in [-0.15, -0.1) is 8.78 Å². The van der Waals surface area contributed by atoms with Crippen molar-refractivity contribution in [3.63, 3.8) is 0 Å². The van der Waals surface area contributed by atoms with Crippen LogP contribution in [0, 0.1) is 13.8 Å². The number of rotatable bonds is 2. The van der Waals surface area contributed by atoms with Crippen molar-refractivity contribution in [2.45, 2.75) is 20.1 Å². The molecule has 3 rings (SSSR count). The Bertz CT molecular complexity index is 908. The largest absolute Gasteiger partial charge is 0.586 e. The van der Waals surface area contributed by atoms with E-state index in [0.29, 0.717) is 11.3 Å². The lowest BCUT2D eigenvalue weighted by Gasteiger charge is -2.10. The van der Waals surface area contributed by atoms with Gasteiger partial charge in [-0.3, -0.25) is 9.59 Å². The number of carbonyl (C=O) groups is 1. The third kappa shape index (κ3) is 2.68. The van der Waals surface area contributed by atoms with Crippen LogP contribution in [-0.4, -0.2) is 22.0 Å². The number of alkyl halides is 2. The molecule has 1 aromatic heterocycles. The Morgan fingerprint density at radius 3 is 2.62 bits per heavy atom. The first-order valence-electron chi connectivity index (χ1n) is 6.94. The maximum absolute atomic E-state index is 13.0. The SMILES string of the molecule is Cc1nn(C)c(=O)c(C(=O)Nc2ccc3c(c2)OC(F)(F)O3)c1C. The predicted molar refractivity (Wildman–Crippen MR) is 79.6 cm³/mol. The molecule has 24 heavy (non-hydrogen) atoms. The average Bonchev–Trinajstić information content (AvgIpc) is 2.78. The Labute approximate surface area is 134 Å². The molecule has 1 amide bonds. The quantitative estimate of drug-likeness (QED) is 0.906. The minimum absolute atomic E-state index is 0.0620. The fourth-order valence-corrected chi connectivity index (χ4v) is 2.34. The number of fused-ring (bicyclic) bond motifs is 1. The van der Waals surface area contributed by atoms with Crippen molar-refractivity contribution in [1.29, 1.82) is 0 Å². The van der Waals surface area contributed by atoms with E-state index in [-0.39, 0.29) is 22.7 Å². The molecular weight excluding hydrogens is 324 g/mol. The highest BCUT2D eigenvalue weighted by molar-refractivity contribution is 6.05. The number of amides is 1. The zero-order valence-electron chi connectivity index (χ0n) is 13.0. The fraction of sp³-hybridized carbons (Fsp3) is 0.267. The number of nitrogens with one attached hydrogen (secondary N) is 1. The summed E-state index contributed by atoms with van der Waals surface area (Å²) in [5, 5.41) is 6.48. The maximum atomic E-state index is 13.0. The standard InChI is InChI=1S/C15H13F2N3O4/c1-7-8(2)19-20(3)14(22)12(7)13(21)18-9-4-5-10-11(6-9)24-15(16,17)23-10/h4-6H,1-3H3,(H,18,21). The molecule has 0 atom stereocenters. The molecule has 0 saturated carbocycles. The minimum atomic E-state index is -3.74. The molecule has 1 aliphatic rings. The van der Waals surface area contributed by atoms with Crippen LogP contribution in [0.5, 0.6) is 11.5 Å². The van der Waals surface area contributed by atoms with Crippen molar-refractivity contribution in [2.24, 2.45) is 7.05 Å². The van der Waals surface area contributed by atoms with Crippen molar-refractivity contribution in [3.8, 4) is 11.5 Å². The molecule has 0 unspecified atom stereocenters. The Balaban J connectivity index is 1.92. The van der Waals surface area contributed by atoms with E-state index in [1.54, 1.807) is 13.8 Å². The number of aryl methyl sites for hydroxylation is 2. The highest BCUT2D eigenvalue weighted by atomic mass is 19.3. The van der Waals surface area contributed by atoms with Gasteiger partial charge in [0, 0.05) is 18.8 Å². The third-order valence-corrected chi connectivity index (χ3v) is 3.61. The monoisotopic (exact) mass is 337 g/mol. The van der Waals surface area contributed by atoms with Gasteiger partial charge < -0.3 is 14.8 Å². The van der Waals surface area contributed by atoms with E-state index in [4.69, 9.17) is 0 Å². The Morgan fingerprint density at radius 2 is 1.92 bits per heavy atom. The van der Waals surface area contributed by atoms with E-state index < -0.39 is 17.8 Å². The van der Waals surface area contributed by atoms with E-state index in [0.717, 1.165) is 4.68 Å². The second-order valence-electron chi connectivity index (χ2n) is 5.30. The van der Waals surface area contributed by atoms with Gasteiger partial charge in [0.05, 0.1) is 5.69 Å². The van der Waals surface area contributed by atoms with Gasteiger partial charge in [0.2, 0.25) is 0 Å². The van der Waals surface area contributed by atoms with Crippen molar-refractivity contribution in [1.82, 2.24) is 9.78 Å². The number of ether oxygens (including phenoxy) is 2. The Hall–Kier alpha value is -2.97. The number of hydrogen-bond acceptors (Lipinski definition) is 5. The van der Waals surface area contributed by atoms with Crippen LogP contribution in [0.15, 0.2) is 23.0 Å². The van der Waals surface area contributed by atoms with Crippen LogP contribution in [0.2, 0.25) is 0 Å². The van der Waals surface area contributed by atoms with Gasteiger partial charge in [0.25, 0.3) is 11.5 Å². The minimum Gasteiger partial charge on any atom is -0.395 e. The Kier molecular flexibility index (Phi) is 3.51. The van der Waals surface area contributed by atoms with Crippen molar-refractivity contribution in [2.75, 3.05) is 5.32 Å². The topological polar surface area (TPSA) is 82.5 Å². The van der Waals surface area contributed by atoms with Gasteiger partial charge >= 0.3 is 6.29 Å². The molecule has 2 heterocycles. The van der Waals surface area contributed by atoms with Gasteiger partial charge in [-0.05, 0) is 31.5 Å². The van der Waals surface area contributed by atoms with Gasteiger partial charge in [-0.25, -0.2) is 4.68 Å². The summed E-state index contributed by atoms with van der Waals surface area (Å²) >= 11 is 0. The molecule has 0 bridgehead atoms. The van der Waals surface area contributed by atoms with Crippen LogP contribution in [0.3, 0.4) is 0 Å². The molecule has 1 N–H and O–H groups in total. The number of aromatic nitrogens is 2. The summed E-state index contributed by atoms with van der Waals surface area (Å²) in [7, 11) is 1.44. The summed E-state index contributed by atoms with van der Waals surface area (Å²) in [6.45, 7) is 3.28. The first kappa shape index (κ1) is 15.9. The number of benzene rings is 1. The molecule has 2 aromatic rings. The molecule has 0 aliphatic carbocycles. The molecule has 9 heteroatoms. The first-order valence-corrected chi connectivity index (χ1v) is 6.94. The van der Waals surface area contributed by atoms with E-state index in [1.807, 2.05) is 0 Å². The highest BCUT2D eigenvalue weighted by Crippen LogP contribution is 2.42. The lowest BCUT2D eigenvalue weighted by Crippen LogP contribution is -2.31. The van der Waals surface area contributed by atoms with Crippen molar-refractivity contribution < 1.29 is 23.0 Å². The van der Waals surface area contributed by atoms with E-state index in [1.165, 1.54) is 25.2 Å². The lowest BCUT2D eigenvalue weighted by molar-refractivity contribution is -0.286. The van der Waals surface area contributed by atoms with Crippen molar-refractivity contribution >= 4 is 11.6 Å². The van der Waals surface area contributed by atoms with Crippen LogP contribution in [-0.2, 0) is 7.05 Å². The molecule has 1 aliphatic heterocycles. The normalized spacial score (nSPS) is 14.5. The highest BCUT2D eigenvalue weighted by Gasteiger charge is 2.43. The number of hydrogen-bond donors (Lipinski definition) is 1. The number of anilines is 1. The van der Waals surface area contributed by atoms with Crippen LogP contribution in [0.25, 0.3) is 0 Å². The predicted octanol–water partition coefficient (Wildman–Crippen LogP) is 1.97. The zero-order valence-corrected chi connectivity index (χ0v) is 13.0. The summed E-state index contributed by atoms with van der Waals surface area (Å²) in [6, 6.07) is 3.81. The number of halogens is 2. The van der Waals surface area contributed by atoms with Gasteiger partial charge in [-0.2, -0.15) is 5.10 Å². The molecule has 0 radical (unpaired) electrons. The van der Waals surface area contributed by atoms with Crippen LogP contribution in [0.4, 0.5) is 14.5 Å². The van der Waals surface area contributed by atoms with Gasteiger partial charge in [-0.1, -0.05) is 0 Å². The maximum Gasteiger partial charge on any atom is 0.586 e. The van der Waals surface area contributed by atoms with E-state index in [9.17, 15) is 18.4 Å². The third-order valence-electron chi connectivity index (χ3n) is 3.61. The van der Waals surface area contributed by atoms with Gasteiger partial charge in [0.1, 0.15) is 5.56 Å². The molecule has 1 aromatic carbocycles. The Morgan fingerprint density at radius 1 is 1.25 bits per heavy atom. The first-order chi connectivity index (χ1) is 11.2. The van der Waals surface area contributed by atoms with E-state index >= 15 is 0 Å². The van der Waals surface area contributed by atoms with E-state index in [2.05, 4.69) is 19.9 Å². The fourth-order valence-electron chi connectivity index (χ4n) is 2.34. The molecular formula is C15H13F2N3O4. The lowest BCUT2D eigenvalue weighted by atomic mass is 10.1. The van der Waals surface area contributed by atoms with Crippen LogP contribution >= 0.6 is 0 Å². The molecule has 126 valence electrons. The van der Waals surface area contributed by atoms with Crippen LogP contribution < -0.4 is 20.3 Å². The van der Waals surface area contributed by atoms with Gasteiger partial charge in [0.15, 0.2) is 11.5 Å². The average molecular weight is 337 g/mol. The molecule has 0 spiro atoms. The molecule has 7 nitrogen and oxygen atoms in total. The number of nitrogens with zero attached hydrogens (tertiary/aromatic N) is 2. The molecule has 0 fully saturated rings. The second-order valence-corrected chi connectivity index (χ2v) is 5.30. The number of carbonyl (C=O) groups excluding carboxylic acids is 1. The summed E-state index contributed by atoms with van der Waals surface area (Å²) in [6.07, 6.45) is -3.74. The summed E-state index contributed by atoms with van der Waals surface area (Å²) in [5.74, 6) is -0.998. The summed E-state index contributed by atoms with van der Waals surface area (Å²) < 4.78 is 35.7. The smallest absolute Gasteiger partial charge is 0.395 e. The van der Waals surface area contributed by atoms with Crippen LogP contribution in [0.1, 0.15) is 21.6 Å². The second kappa shape index (κ2) is 5.29. The summed E-state index contributed by atoms with van der Waals surface area (Å²) in [5.41, 5.74) is 0.558. The summed E-state index contributed by atoms with van der Waals surface area (Å²) in [4.78, 5) is 24.6. The zero-order chi connectivity index (χ0) is 17.6.